The minimum absolute atomic E-state index is 0.0107. The Morgan fingerprint density at radius 3 is 2.86 bits per heavy atom. The normalized spacial score (nSPS) is 35.3. The van der Waals surface area contributed by atoms with Gasteiger partial charge in [-0.1, -0.05) is 29.2 Å². The van der Waals surface area contributed by atoms with Crippen LogP contribution in [-0.2, 0) is 16.6 Å². The number of fused-ring (bicyclic) bond motifs is 4. The van der Waals surface area contributed by atoms with Gasteiger partial charge in [-0.25, -0.2) is 0 Å². The topological polar surface area (TPSA) is 56.7 Å². The molecule has 1 aromatic heterocycles. The maximum Gasteiger partial charge on any atom is 0.174 e. The molecule has 0 unspecified atom stereocenters. The number of aromatic nitrogens is 2. The van der Waals surface area contributed by atoms with Crippen LogP contribution in [0.25, 0.3) is 0 Å². The molecule has 0 N–H and O–H groups in total. The van der Waals surface area contributed by atoms with Crippen molar-refractivity contribution in [1.29, 1.82) is 0 Å². The molecule has 3 aliphatic carbocycles. The molecule has 3 fully saturated rings. The van der Waals surface area contributed by atoms with E-state index in [0.29, 0.717) is 12.0 Å². The van der Waals surface area contributed by atoms with Gasteiger partial charge in [0, 0.05) is 42.3 Å². The zero-order chi connectivity index (χ0) is 24.3. The SMILES string of the molecule is COc1ccc2c3c1O[C@@H]1[C@@]34CCC[C@@]1(OC)[C@@H](CSc1nncs1)CC[C@@H](C2)N(CC1CC1)CC4. The number of thioether (sulfide) groups is 1. The first-order valence-corrected chi connectivity index (χ1v) is 15.6. The summed E-state index contributed by atoms with van der Waals surface area (Å²) in [6, 6.07) is 5.08. The van der Waals surface area contributed by atoms with E-state index in [1.54, 1.807) is 18.4 Å². The second-order valence-electron chi connectivity index (χ2n) is 11.6. The molecule has 5 bridgehead atoms. The minimum Gasteiger partial charge on any atom is -0.493 e. The van der Waals surface area contributed by atoms with Crippen LogP contribution in [0.1, 0.15) is 62.5 Å². The van der Waals surface area contributed by atoms with E-state index >= 15 is 0 Å². The number of hydrogen-bond acceptors (Lipinski definition) is 8. The zero-order valence-electron chi connectivity index (χ0n) is 21.4. The van der Waals surface area contributed by atoms with Gasteiger partial charge >= 0.3 is 0 Å². The van der Waals surface area contributed by atoms with Gasteiger partial charge in [-0.3, -0.25) is 4.90 Å². The predicted molar refractivity (Wildman–Crippen MR) is 142 cm³/mol. The standard InChI is InChI=1S/C28H37N3O3S2/c1-32-22-9-6-19-14-21-8-7-20(16-35-26-30-29-17-36-26)28(33-2)11-3-10-27(23(19)24(22)34-25(27)28)12-13-31(21)15-18-4-5-18/h6,9,17-18,20-21,25H,3-5,7-8,10-16H2,1-2H3/t20-,21+,25-,27-,28-/m1/s1. The van der Waals surface area contributed by atoms with E-state index in [4.69, 9.17) is 14.2 Å². The third-order valence-corrected chi connectivity index (χ3v) is 12.0. The van der Waals surface area contributed by atoms with Crippen molar-refractivity contribution in [2.45, 2.75) is 85.3 Å². The average Bonchev–Trinajstić information content (AvgIpc) is 3.42. The third-order valence-electron chi connectivity index (χ3n) is 9.97. The van der Waals surface area contributed by atoms with Crippen LogP contribution in [-0.4, -0.2) is 65.9 Å². The Labute approximate surface area is 222 Å². The molecular weight excluding hydrogens is 490 g/mol. The van der Waals surface area contributed by atoms with E-state index in [1.807, 2.05) is 24.4 Å². The van der Waals surface area contributed by atoms with Crippen LogP contribution in [0.3, 0.4) is 0 Å². The summed E-state index contributed by atoms with van der Waals surface area (Å²) < 4.78 is 20.8. The van der Waals surface area contributed by atoms with Crippen LogP contribution in [0.5, 0.6) is 11.5 Å². The molecule has 36 heavy (non-hydrogen) atoms. The lowest BCUT2D eigenvalue weighted by atomic mass is 9.56. The fourth-order valence-corrected chi connectivity index (χ4v) is 9.88. The highest BCUT2D eigenvalue weighted by Gasteiger charge is 2.65. The van der Waals surface area contributed by atoms with E-state index in [0.717, 1.165) is 53.2 Å². The van der Waals surface area contributed by atoms with Gasteiger partial charge in [0.2, 0.25) is 0 Å². The van der Waals surface area contributed by atoms with Gasteiger partial charge in [0.15, 0.2) is 15.8 Å². The molecule has 3 aliphatic heterocycles. The van der Waals surface area contributed by atoms with Crippen molar-refractivity contribution in [3.8, 4) is 11.5 Å². The summed E-state index contributed by atoms with van der Waals surface area (Å²) in [5.41, 5.74) is 4.47. The second-order valence-corrected chi connectivity index (χ2v) is 13.7. The first-order valence-electron chi connectivity index (χ1n) is 13.7. The lowest BCUT2D eigenvalue weighted by Crippen LogP contribution is -2.64. The van der Waals surface area contributed by atoms with Crippen molar-refractivity contribution < 1.29 is 14.2 Å². The Morgan fingerprint density at radius 2 is 2.08 bits per heavy atom. The molecule has 8 heteroatoms. The maximum atomic E-state index is 7.13. The number of methoxy groups -OCH3 is 2. The lowest BCUT2D eigenvalue weighted by Gasteiger charge is -2.55. The Hall–Kier alpha value is -1.35. The lowest BCUT2D eigenvalue weighted by molar-refractivity contribution is -0.168. The molecule has 1 saturated heterocycles. The number of hydrogen-bond donors (Lipinski definition) is 0. The highest BCUT2D eigenvalue weighted by Crippen LogP contribution is 2.62. The summed E-state index contributed by atoms with van der Waals surface area (Å²) in [5, 5.41) is 8.41. The first-order chi connectivity index (χ1) is 17.7. The van der Waals surface area contributed by atoms with Gasteiger partial charge in [-0.05, 0) is 81.9 Å². The smallest absolute Gasteiger partial charge is 0.174 e. The summed E-state index contributed by atoms with van der Waals surface area (Å²) in [7, 11) is 3.72. The highest BCUT2D eigenvalue weighted by molar-refractivity contribution is 8.01. The van der Waals surface area contributed by atoms with Gasteiger partial charge in [0.05, 0.1) is 7.11 Å². The maximum absolute atomic E-state index is 7.13. The van der Waals surface area contributed by atoms with Crippen molar-refractivity contribution in [2.24, 2.45) is 11.8 Å². The van der Waals surface area contributed by atoms with Gasteiger partial charge in [0.25, 0.3) is 0 Å². The molecular formula is C28H37N3O3S2. The largest absolute Gasteiger partial charge is 0.493 e. The van der Waals surface area contributed by atoms with Crippen molar-refractivity contribution in [2.75, 3.05) is 33.1 Å². The summed E-state index contributed by atoms with van der Waals surface area (Å²) in [5.74, 6) is 4.19. The van der Waals surface area contributed by atoms with Gasteiger partial charge in [-0.15, -0.1) is 10.2 Å². The number of nitrogens with zero attached hydrogens (tertiary/aromatic N) is 3. The molecule has 2 saturated carbocycles. The third kappa shape index (κ3) is 3.65. The van der Waals surface area contributed by atoms with Crippen LogP contribution in [0, 0.1) is 11.8 Å². The van der Waals surface area contributed by atoms with Gasteiger partial charge < -0.3 is 14.2 Å². The summed E-state index contributed by atoms with van der Waals surface area (Å²) in [6.45, 7) is 2.44. The van der Waals surface area contributed by atoms with Crippen LogP contribution >= 0.6 is 23.1 Å². The fourth-order valence-electron chi connectivity index (χ4n) is 8.10. The van der Waals surface area contributed by atoms with Gasteiger partial charge in [-0.2, -0.15) is 0 Å². The Balaban J connectivity index is 1.36. The zero-order valence-corrected chi connectivity index (χ0v) is 23.0. The summed E-state index contributed by atoms with van der Waals surface area (Å²) in [6.07, 6.45) is 10.9. The summed E-state index contributed by atoms with van der Waals surface area (Å²) in [4.78, 5) is 2.87. The molecule has 6 aliphatic rings. The monoisotopic (exact) mass is 527 g/mol. The van der Waals surface area contributed by atoms with Crippen molar-refractivity contribution in [3.05, 3.63) is 28.8 Å². The van der Waals surface area contributed by atoms with Crippen LogP contribution in [0.4, 0.5) is 0 Å². The van der Waals surface area contributed by atoms with Gasteiger partial charge in [0.1, 0.15) is 17.2 Å². The number of rotatable bonds is 7. The van der Waals surface area contributed by atoms with E-state index in [1.165, 1.54) is 56.3 Å². The Kier molecular flexibility index (Phi) is 6.03. The van der Waals surface area contributed by atoms with Crippen LogP contribution < -0.4 is 9.47 Å². The highest BCUT2D eigenvalue weighted by atomic mass is 32.2. The minimum atomic E-state index is -0.308. The van der Waals surface area contributed by atoms with E-state index in [-0.39, 0.29) is 17.1 Å². The molecule has 5 atom stereocenters. The van der Waals surface area contributed by atoms with Crippen LogP contribution in [0.2, 0.25) is 0 Å². The molecule has 194 valence electrons. The van der Waals surface area contributed by atoms with Crippen molar-refractivity contribution >= 4 is 23.1 Å². The van der Waals surface area contributed by atoms with Crippen LogP contribution in [0.15, 0.2) is 22.0 Å². The Morgan fingerprint density at radius 1 is 1.17 bits per heavy atom. The molecule has 6 nitrogen and oxygen atoms in total. The predicted octanol–water partition coefficient (Wildman–Crippen LogP) is 5.34. The second kappa shape index (κ2) is 9.14. The molecule has 1 aromatic carbocycles. The molecule has 1 spiro atoms. The fraction of sp³-hybridized carbons (Fsp3) is 0.714. The Bertz CT molecular complexity index is 1110. The van der Waals surface area contributed by atoms with E-state index in [9.17, 15) is 0 Å². The van der Waals surface area contributed by atoms with Crippen molar-refractivity contribution in [3.63, 3.8) is 0 Å². The number of ether oxygens (including phenoxy) is 3. The first kappa shape index (κ1) is 23.7. The number of benzene rings is 1. The summed E-state index contributed by atoms with van der Waals surface area (Å²) >= 11 is 3.49. The molecule has 0 radical (unpaired) electrons. The van der Waals surface area contributed by atoms with E-state index < -0.39 is 0 Å². The van der Waals surface area contributed by atoms with E-state index in [2.05, 4.69) is 27.2 Å². The molecule has 2 aromatic rings. The molecule has 0 amide bonds. The average molecular weight is 528 g/mol. The quantitative estimate of drug-likeness (QED) is 0.450. The molecule has 8 rings (SSSR count). The van der Waals surface area contributed by atoms with Crippen molar-refractivity contribution in [1.82, 2.24) is 15.1 Å². The molecule has 4 heterocycles.